The number of ketones is 1. The van der Waals surface area contributed by atoms with Gasteiger partial charge in [-0.15, -0.1) is 23.5 Å². The molecule has 4 aliphatic carbocycles. The molecule has 3 fully saturated rings. The number of Topliss-reactive ketones (excluding diaryl/α,β-unsaturated/α-hetero) is 1. The predicted octanol–water partition coefficient (Wildman–Crippen LogP) is 15.1. The molecule has 0 radical (unpaired) electrons. The van der Waals surface area contributed by atoms with E-state index in [1.54, 1.807) is 12.1 Å². The van der Waals surface area contributed by atoms with Gasteiger partial charge in [0.1, 0.15) is 11.6 Å². The standard InChI is InChI=1S/C21H29FS2.C18H23FO.C4H10O.C3H8S2.BF3.2H2/c1-2-5-15-8-10-16(11-9-15)18-14-17-6-3-7-19(22)20(17)21(18)23-12-4-13-24-21;1-2-4-12-7-9-13(10-8-12)15-11-14-5-3-6-16(19)17(14)18(15)20;1-3-5-4-2;4-2-1-3-5;2-1(3)4;;/h3,6-7,15-16,18H,2,4-5,8-14H2,1H3;3,5-6,12-13,15H,2,4,7-11H2,1H3;3-4H2,1-2H3;4-5H,1-3H2;;2*1H. The van der Waals surface area contributed by atoms with E-state index >= 15 is 0 Å². The number of halogens is 5. The summed E-state index contributed by atoms with van der Waals surface area (Å²) in [5, 5.41) is 0. The summed E-state index contributed by atoms with van der Waals surface area (Å²) >= 11 is 12.0. The van der Waals surface area contributed by atoms with E-state index < -0.39 is 7.54 Å². The Morgan fingerprint density at radius 3 is 1.69 bits per heavy atom. The minimum atomic E-state index is -3.67. The van der Waals surface area contributed by atoms with Crippen molar-refractivity contribution in [3.63, 3.8) is 0 Å². The molecule has 1 heterocycles. The van der Waals surface area contributed by atoms with Gasteiger partial charge in [0.05, 0.1) is 9.64 Å². The number of carbonyl (C=O) groups excluding carboxylic acids is 1. The SMILES string of the molecule is CCCC1CCC(C2Cc3cccc(F)c3C23SCCCS3)CC1.CCCC1CCC(C2Cc3cccc(F)c3C2=O)CC1.CCOCC.FB(F)F.SCCCS.[HH].[HH]. The molecule has 0 bridgehead atoms. The molecule has 2 aromatic carbocycles. The zero-order chi connectivity index (χ0) is 42.5. The lowest BCUT2D eigenvalue weighted by Crippen LogP contribution is -2.35. The van der Waals surface area contributed by atoms with E-state index in [1.165, 1.54) is 93.8 Å². The van der Waals surface area contributed by atoms with Gasteiger partial charge in [0.25, 0.3) is 0 Å². The van der Waals surface area contributed by atoms with Crippen LogP contribution in [0.3, 0.4) is 0 Å². The molecule has 58 heavy (non-hydrogen) atoms. The lowest BCUT2D eigenvalue weighted by atomic mass is 9.73. The Bertz CT molecular complexity index is 1450. The first-order valence-electron chi connectivity index (χ1n) is 22.1. The Labute approximate surface area is 370 Å². The molecule has 0 amide bonds. The van der Waals surface area contributed by atoms with Crippen LogP contribution >= 0.6 is 48.8 Å². The van der Waals surface area contributed by atoms with Crippen molar-refractivity contribution in [2.75, 3.05) is 36.2 Å². The van der Waals surface area contributed by atoms with Crippen molar-refractivity contribution in [1.82, 2.24) is 0 Å². The van der Waals surface area contributed by atoms with Gasteiger partial charge in [-0.2, -0.15) is 25.3 Å². The normalized spacial score (nSPS) is 25.3. The average molecular weight is 893 g/mol. The first-order chi connectivity index (χ1) is 28.0. The van der Waals surface area contributed by atoms with E-state index in [2.05, 4.69) is 68.7 Å². The maximum atomic E-state index is 14.8. The summed E-state index contributed by atoms with van der Waals surface area (Å²) in [6, 6.07) is 10.9. The van der Waals surface area contributed by atoms with Crippen molar-refractivity contribution in [2.24, 2.45) is 35.5 Å². The summed E-state index contributed by atoms with van der Waals surface area (Å²) in [6.07, 6.45) is 19.9. The number of ether oxygens (including phenoxy) is 1. The third kappa shape index (κ3) is 15.2. The zero-order valence-electron chi connectivity index (χ0n) is 35.5. The molecule has 0 N–H and O–H groups in total. The second-order valence-corrected chi connectivity index (χ2v) is 20.1. The smallest absolute Gasteiger partial charge is 0.382 e. The van der Waals surface area contributed by atoms with Crippen LogP contribution in [0.25, 0.3) is 0 Å². The summed E-state index contributed by atoms with van der Waals surface area (Å²) in [5.74, 6) is 7.87. The highest BCUT2D eigenvalue weighted by atomic mass is 32.2. The van der Waals surface area contributed by atoms with E-state index in [9.17, 15) is 26.5 Å². The first kappa shape index (κ1) is 51.5. The molecule has 1 aliphatic heterocycles. The minimum Gasteiger partial charge on any atom is -0.382 e. The van der Waals surface area contributed by atoms with Crippen LogP contribution in [0.1, 0.15) is 147 Å². The van der Waals surface area contributed by atoms with Crippen LogP contribution in [0, 0.1) is 47.1 Å². The molecule has 332 valence electrons. The molecule has 2 aromatic rings. The van der Waals surface area contributed by atoms with Gasteiger partial charge in [0.15, 0.2) is 5.78 Å². The van der Waals surface area contributed by atoms with Gasteiger partial charge in [0.2, 0.25) is 0 Å². The van der Waals surface area contributed by atoms with Crippen LogP contribution in [0.2, 0.25) is 0 Å². The van der Waals surface area contributed by atoms with Crippen LogP contribution in [-0.4, -0.2) is 49.6 Å². The van der Waals surface area contributed by atoms with E-state index in [-0.39, 0.29) is 30.3 Å². The van der Waals surface area contributed by atoms with Crippen molar-refractivity contribution in [3.05, 3.63) is 70.3 Å². The summed E-state index contributed by atoms with van der Waals surface area (Å²) in [5.41, 5.74) is 3.68. The van der Waals surface area contributed by atoms with Crippen molar-refractivity contribution < 1.29 is 34.1 Å². The molecule has 2 unspecified atom stereocenters. The Morgan fingerprint density at radius 2 is 1.24 bits per heavy atom. The Kier molecular flexibility index (Phi) is 24.9. The van der Waals surface area contributed by atoms with Crippen LogP contribution < -0.4 is 0 Å². The molecule has 2 atom stereocenters. The van der Waals surface area contributed by atoms with Gasteiger partial charge < -0.3 is 4.74 Å². The number of fused-ring (bicyclic) bond motifs is 3. The first-order valence-corrected chi connectivity index (χ1v) is 25.3. The molecule has 0 aromatic heterocycles. The van der Waals surface area contributed by atoms with E-state index in [0.717, 1.165) is 85.7 Å². The van der Waals surface area contributed by atoms with Crippen LogP contribution in [0.5, 0.6) is 0 Å². The van der Waals surface area contributed by atoms with Crippen LogP contribution in [0.15, 0.2) is 36.4 Å². The van der Waals surface area contributed by atoms with Gasteiger partial charge in [-0.25, -0.2) is 8.78 Å². The quantitative estimate of drug-likeness (QED) is 0.141. The monoisotopic (exact) mass is 892 g/mol. The average Bonchev–Trinajstić information content (AvgIpc) is 3.72. The lowest BCUT2D eigenvalue weighted by Gasteiger charge is -2.44. The number of hydrogen-bond donors (Lipinski definition) is 2. The van der Waals surface area contributed by atoms with E-state index in [4.69, 9.17) is 4.74 Å². The molecule has 1 spiro atoms. The fourth-order valence-corrected chi connectivity index (χ4v) is 14.3. The molecule has 7 rings (SSSR count). The fraction of sp³-hybridized carbons (Fsp3) is 0.717. The van der Waals surface area contributed by atoms with Crippen molar-refractivity contribution in [3.8, 4) is 0 Å². The maximum absolute atomic E-state index is 14.8. The molecular formula is C46H74BF5O2S4. The highest BCUT2D eigenvalue weighted by Crippen LogP contribution is 2.64. The third-order valence-corrected chi connectivity index (χ3v) is 16.7. The summed E-state index contributed by atoms with van der Waals surface area (Å²) in [6.45, 7) is 10.2. The third-order valence-electron chi connectivity index (χ3n) is 12.5. The second-order valence-electron chi connectivity index (χ2n) is 16.2. The summed E-state index contributed by atoms with van der Waals surface area (Å²) < 4.78 is 62.5. The molecule has 5 aliphatic rings. The van der Waals surface area contributed by atoms with Crippen molar-refractivity contribution in [1.29, 1.82) is 0 Å². The van der Waals surface area contributed by atoms with Gasteiger partial charge in [-0.1, -0.05) is 89.5 Å². The molecular weight excluding hydrogens is 819 g/mol. The second kappa shape index (κ2) is 28.0. The largest absolute Gasteiger partial charge is 0.762 e. The molecule has 2 nitrogen and oxygen atoms in total. The highest BCUT2D eigenvalue weighted by molar-refractivity contribution is 8.18. The molecule has 2 saturated carbocycles. The maximum Gasteiger partial charge on any atom is 0.762 e. The zero-order valence-corrected chi connectivity index (χ0v) is 38.9. The highest BCUT2D eigenvalue weighted by Gasteiger charge is 2.53. The predicted molar refractivity (Wildman–Crippen MR) is 251 cm³/mol. The van der Waals surface area contributed by atoms with Gasteiger partial charge in [0, 0.05) is 27.5 Å². The Morgan fingerprint density at radius 1 is 0.741 bits per heavy atom. The molecule has 12 heteroatoms. The number of thiol groups is 2. The summed E-state index contributed by atoms with van der Waals surface area (Å²) in [7, 11) is -3.67. The number of benzene rings is 2. The van der Waals surface area contributed by atoms with Crippen LogP contribution in [-0.2, 0) is 21.7 Å². The topological polar surface area (TPSA) is 26.3 Å². The fourth-order valence-electron chi connectivity index (χ4n) is 9.83. The number of hydrogen-bond acceptors (Lipinski definition) is 6. The Hall–Kier alpha value is -0.815. The Balaban J connectivity index is 0.000000450. The van der Waals surface area contributed by atoms with Gasteiger partial charge >= 0.3 is 7.54 Å². The van der Waals surface area contributed by atoms with Crippen LogP contribution in [0.4, 0.5) is 21.7 Å². The van der Waals surface area contributed by atoms with Crippen molar-refractivity contribution >= 4 is 62.1 Å². The number of carbonyl (C=O) groups is 1. The molecule has 1 saturated heterocycles. The van der Waals surface area contributed by atoms with Crippen molar-refractivity contribution in [2.45, 2.75) is 135 Å². The van der Waals surface area contributed by atoms with E-state index in [0.29, 0.717) is 17.4 Å². The lowest BCUT2D eigenvalue weighted by molar-refractivity contribution is 0.0848. The number of rotatable bonds is 10. The number of thioether (sulfide) groups is 2. The van der Waals surface area contributed by atoms with E-state index in [1.807, 2.05) is 26.0 Å². The summed E-state index contributed by atoms with van der Waals surface area (Å²) in [4.78, 5) is 12.5. The van der Waals surface area contributed by atoms with Gasteiger partial charge in [-0.3, -0.25) is 17.7 Å². The van der Waals surface area contributed by atoms with Gasteiger partial charge in [-0.05, 0) is 141 Å². The minimum absolute atomic E-state index is 0.